The van der Waals surface area contributed by atoms with Crippen molar-refractivity contribution < 1.29 is 32.0 Å². The molecule has 166 valence electrons. The number of carbonyl (C=O) groups is 2. The van der Waals surface area contributed by atoms with Gasteiger partial charge in [-0.05, 0) is 47.9 Å². The molecular weight excluding hydrogens is 416 g/mol. The predicted octanol–water partition coefficient (Wildman–Crippen LogP) is -1.64. The van der Waals surface area contributed by atoms with Gasteiger partial charge in [-0.15, -0.1) is 0 Å². The van der Waals surface area contributed by atoms with Crippen molar-refractivity contribution in [2.24, 2.45) is 0 Å². The van der Waals surface area contributed by atoms with Gasteiger partial charge >= 0.3 is 11.9 Å². The molecule has 0 spiro atoms. The third-order valence-corrected chi connectivity index (χ3v) is 6.60. The Morgan fingerprint density at radius 3 is 1.71 bits per heavy atom. The van der Waals surface area contributed by atoms with Crippen LogP contribution in [0, 0.1) is 0 Å². The van der Waals surface area contributed by atoms with E-state index in [1.807, 2.05) is 31.4 Å². The molecule has 12 heteroatoms. The van der Waals surface area contributed by atoms with Gasteiger partial charge in [-0.25, -0.2) is 9.59 Å². The average Bonchev–Trinajstić information content (AvgIpc) is 3.22. The summed E-state index contributed by atoms with van der Waals surface area (Å²) >= 11 is 0. The van der Waals surface area contributed by atoms with Gasteiger partial charge in [-0.1, -0.05) is 25.3 Å². The quantitative estimate of drug-likeness (QED) is 0.261. The summed E-state index contributed by atoms with van der Waals surface area (Å²) in [6, 6.07) is 0. The number of carbonyl (C=O) groups excluding carboxylic acids is 2. The molecule has 0 bridgehead atoms. The molecule has 0 heterocycles. The first-order valence-corrected chi connectivity index (χ1v) is 12.8. The first-order valence-electron chi connectivity index (χ1n) is 11.2. The summed E-state index contributed by atoms with van der Waals surface area (Å²) in [4.78, 5) is 26.4. The van der Waals surface area contributed by atoms with Crippen molar-refractivity contribution in [2.75, 3.05) is 12.4 Å². The average molecular weight is 446 g/mol. The second-order valence-corrected chi connectivity index (χ2v) is 9.38. The van der Waals surface area contributed by atoms with Crippen molar-refractivity contribution in [3.63, 3.8) is 0 Å². The van der Waals surface area contributed by atoms with Crippen LogP contribution in [-0.4, -0.2) is 74.8 Å². The van der Waals surface area contributed by atoms with Gasteiger partial charge in [0.2, 0.25) is 0 Å². The first-order chi connectivity index (χ1) is 14.7. The number of benzene rings is 1. The number of hydrogen-bond donors (Lipinski definition) is 1. The Balaban J connectivity index is 2.62. The molecular formula is C19H30B4O7S. The molecule has 1 aromatic rings. The zero-order chi connectivity index (χ0) is 23.2. The standard InChI is InChI=1S/C19H30B4O7S/c20-7-12-13(8-21)15(10-23)17(19(25)30-11-3-1-2-4-11)16(14(12)9-22)18(24)29-5-6-31(26,27)28/h11H,1-10,20-23H2,(H,26,27,28). The molecule has 0 unspecified atom stereocenters. The van der Waals surface area contributed by atoms with Crippen LogP contribution >= 0.6 is 0 Å². The molecule has 0 amide bonds. The van der Waals surface area contributed by atoms with Crippen molar-refractivity contribution in [1.82, 2.24) is 0 Å². The largest absolute Gasteiger partial charge is 0.461 e. The minimum atomic E-state index is -4.27. The third kappa shape index (κ3) is 6.19. The minimum Gasteiger partial charge on any atom is -0.461 e. The molecule has 0 atom stereocenters. The zero-order valence-electron chi connectivity index (χ0n) is 19.0. The van der Waals surface area contributed by atoms with E-state index in [9.17, 15) is 18.0 Å². The summed E-state index contributed by atoms with van der Waals surface area (Å²) in [7, 11) is 3.64. The van der Waals surface area contributed by atoms with Crippen LogP contribution in [0.3, 0.4) is 0 Å². The van der Waals surface area contributed by atoms with Crippen molar-refractivity contribution in [2.45, 2.75) is 57.1 Å². The summed E-state index contributed by atoms with van der Waals surface area (Å²) in [6.45, 7) is -0.490. The second-order valence-electron chi connectivity index (χ2n) is 7.81. The molecule has 0 saturated heterocycles. The third-order valence-electron chi connectivity index (χ3n) is 5.92. The number of rotatable bonds is 10. The maximum Gasteiger partial charge on any atom is 0.339 e. The Kier molecular flexibility index (Phi) is 9.30. The SMILES string of the molecule is BCc1c(CB)c(CB)c(C(=O)OC2CCCC2)c(C(=O)OCCS(=O)(=O)O)c1CB. The molecule has 1 fully saturated rings. The van der Waals surface area contributed by atoms with E-state index in [2.05, 4.69) is 0 Å². The molecule has 0 aromatic heterocycles. The number of ether oxygens (including phenoxy) is 2. The summed E-state index contributed by atoms with van der Waals surface area (Å²) in [6.07, 6.45) is 6.00. The highest BCUT2D eigenvalue weighted by Gasteiger charge is 2.32. The topological polar surface area (TPSA) is 107 Å². The fraction of sp³-hybridized carbons (Fsp3) is 0.579. The Bertz CT molecular complexity index is 928. The van der Waals surface area contributed by atoms with Crippen molar-refractivity contribution in [1.29, 1.82) is 0 Å². The lowest BCUT2D eigenvalue weighted by Gasteiger charge is -2.25. The van der Waals surface area contributed by atoms with E-state index in [1.165, 1.54) is 0 Å². The minimum absolute atomic E-state index is 0.151. The van der Waals surface area contributed by atoms with Crippen LogP contribution in [0.1, 0.15) is 68.7 Å². The number of esters is 2. The predicted molar refractivity (Wildman–Crippen MR) is 130 cm³/mol. The van der Waals surface area contributed by atoms with E-state index >= 15 is 0 Å². The Morgan fingerprint density at radius 1 is 0.839 bits per heavy atom. The molecule has 0 aliphatic heterocycles. The van der Waals surface area contributed by atoms with E-state index in [0.717, 1.165) is 54.3 Å². The van der Waals surface area contributed by atoms with Crippen LogP contribution in [0.25, 0.3) is 0 Å². The molecule has 1 aliphatic carbocycles. The zero-order valence-corrected chi connectivity index (χ0v) is 19.8. The fourth-order valence-electron chi connectivity index (χ4n) is 4.58. The van der Waals surface area contributed by atoms with Gasteiger partial charge in [-0.2, -0.15) is 8.42 Å². The van der Waals surface area contributed by atoms with Crippen LogP contribution in [0.15, 0.2) is 0 Å². The Morgan fingerprint density at radius 2 is 1.29 bits per heavy atom. The van der Waals surface area contributed by atoms with Crippen LogP contribution in [0.2, 0.25) is 0 Å². The summed E-state index contributed by atoms with van der Waals surface area (Å²) in [5.74, 6) is -1.97. The van der Waals surface area contributed by atoms with E-state index in [-0.39, 0.29) is 17.2 Å². The molecule has 2 rings (SSSR count). The van der Waals surface area contributed by atoms with E-state index in [1.54, 1.807) is 0 Å². The molecule has 7 nitrogen and oxygen atoms in total. The first kappa shape index (κ1) is 25.6. The van der Waals surface area contributed by atoms with Gasteiger partial charge < -0.3 is 9.47 Å². The van der Waals surface area contributed by atoms with E-state index in [4.69, 9.17) is 14.0 Å². The highest BCUT2D eigenvalue weighted by atomic mass is 32.2. The maximum atomic E-state index is 13.3. The summed E-state index contributed by atoms with van der Waals surface area (Å²) in [5, 5.41) is 0. The van der Waals surface area contributed by atoms with Gasteiger partial charge in [-0.3, -0.25) is 4.55 Å². The highest BCUT2D eigenvalue weighted by molar-refractivity contribution is 7.85. The molecule has 0 radical (unpaired) electrons. The van der Waals surface area contributed by atoms with Crippen molar-refractivity contribution in [3.05, 3.63) is 33.4 Å². The normalized spacial score (nSPS) is 14.5. The van der Waals surface area contributed by atoms with Gasteiger partial charge in [0.15, 0.2) is 0 Å². The molecule has 1 saturated carbocycles. The van der Waals surface area contributed by atoms with Crippen LogP contribution < -0.4 is 0 Å². The monoisotopic (exact) mass is 446 g/mol. The van der Waals surface area contributed by atoms with Crippen molar-refractivity contribution >= 4 is 53.4 Å². The maximum absolute atomic E-state index is 13.3. The lowest BCUT2D eigenvalue weighted by Crippen LogP contribution is -2.26. The Hall–Kier alpha value is -1.67. The van der Waals surface area contributed by atoms with Gasteiger partial charge in [0.1, 0.15) is 49.8 Å². The lowest BCUT2D eigenvalue weighted by molar-refractivity contribution is 0.0305. The molecule has 1 aromatic carbocycles. The smallest absolute Gasteiger partial charge is 0.339 e. The fourth-order valence-corrected chi connectivity index (χ4v) is 4.87. The van der Waals surface area contributed by atoms with Gasteiger partial charge in [0, 0.05) is 0 Å². The van der Waals surface area contributed by atoms with E-state index in [0.29, 0.717) is 19.0 Å². The molecule has 31 heavy (non-hydrogen) atoms. The second kappa shape index (κ2) is 11.3. The van der Waals surface area contributed by atoms with Crippen LogP contribution in [-0.2, 0) is 44.9 Å². The van der Waals surface area contributed by atoms with Gasteiger partial charge in [0.05, 0.1) is 11.1 Å². The highest BCUT2D eigenvalue weighted by Crippen LogP contribution is 2.32. The summed E-state index contributed by atoms with van der Waals surface area (Å²) in [5.41, 5.74) is 4.05. The lowest BCUT2D eigenvalue weighted by atomic mass is 9.72. The number of hydrogen-bond acceptors (Lipinski definition) is 6. The van der Waals surface area contributed by atoms with Crippen molar-refractivity contribution in [3.8, 4) is 0 Å². The van der Waals surface area contributed by atoms with Crippen LogP contribution in [0.5, 0.6) is 0 Å². The molecule has 1 N–H and O–H groups in total. The molecule has 1 aliphatic rings. The van der Waals surface area contributed by atoms with E-state index < -0.39 is 34.4 Å². The van der Waals surface area contributed by atoms with Crippen LogP contribution in [0.4, 0.5) is 0 Å². The Labute approximate surface area is 188 Å². The van der Waals surface area contributed by atoms with Gasteiger partial charge in [0.25, 0.3) is 10.1 Å². The summed E-state index contributed by atoms with van der Waals surface area (Å²) < 4.78 is 41.9.